The normalized spacial score (nSPS) is 11.9. The highest BCUT2D eigenvalue weighted by molar-refractivity contribution is 7.99. The maximum absolute atomic E-state index is 11.4. The lowest BCUT2D eigenvalue weighted by molar-refractivity contribution is -0.133. The number of carboxylic acid groups (broad SMARTS) is 1. The van der Waals surface area contributed by atoms with Crippen molar-refractivity contribution in [3.63, 3.8) is 0 Å². The monoisotopic (exact) mass is 277 g/mol. The number of thioether (sulfide) groups is 1. The molecule has 0 spiro atoms. The second-order valence-electron chi connectivity index (χ2n) is 4.03. The molecule has 0 aliphatic rings. The van der Waals surface area contributed by atoms with E-state index in [-0.39, 0.29) is 11.8 Å². The Labute approximate surface area is 113 Å². The molecule has 18 heavy (non-hydrogen) atoms. The average molecular weight is 277 g/mol. The van der Waals surface area contributed by atoms with Gasteiger partial charge in [-0.1, -0.05) is 26.7 Å². The van der Waals surface area contributed by atoms with E-state index in [2.05, 4.69) is 5.32 Å². The first kappa shape index (κ1) is 17.1. The second-order valence-corrected chi connectivity index (χ2v) is 5.06. The summed E-state index contributed by atoms with van der Waals surface area (Å²) in [5.41, 5.74) is 0. The maximum Gasteiger partial charge on any atom is 0.407 e. The van der Waals surface area contributed by atoms with Crippen LogP contribution in [-0.4, -0.2) is 41.3 Å². The van der Waals surface area contributed by atoms with Crippen LogP contribution >= 0.6 is 11.8 Å². The van der Waals surface area contributed by atoms with Gasteiger partial charge < -0.3 is 15.2 Å². The van der Waals surface area contributed by atoms with E-state index in [9.17, 15) is 9.59 Å². The van der Waals surface area contributed by atoms with Gasteiger partial charge in [0.05, 0.1) is 12.4 Å². The van der Waals surface area contributed by atoms with Gasteiger partial charge in [0.2, 0.25) is 0 Å². The lowest BCUT2D eigenvalue weighted by Gasteiger charge is -2.17. The van der Waals surface area contributed by atoms with Gasteiger partial charge in [0.25, 0.3) is 0 Å². The lowest BCUT2D eigenvalue weighted by atomic mass is 10.2. The molecule has 0 radical (unpaired) electrons. The van der Waals surface area contributed by atoms with Gasteiger partial charge in [0.15, 0.2) is 0 Å². The quantitative estimate of drug-likeness (QED) is 0.600. The van der Waals surface area contributed by atoms with Crippen molar-refractivity contribution in [3.8, 4) is 0 Å². The Morgan fingerprint density at radius 3 is 2.61 bits per heavy atom. The minimum absolute atomic E-state index is 0.0199. The molecule has 0 aromatic heterocycles. The van der Waals surface area contributed by atoms with Crippen LogP contribution in [0.3, 0.4) is 0 Å². The Morgan fingerprint density at radius 1 is 1.33 bits per heavy atom. The molecule has 0 aliphatic carbocycles. The fraction of sp³-hybridized carbons (Fsp3) is 0.833. The molecular weight excluding hydrogens is 254 g/mol. The van der Waals surface area contributed by atoms with Crippen LogP contribution in [0.2, 0.25) is 0 Å². The molecule has 0 rings (SSSR count). The first-order valence-corrected chi connectivity index (χ1v) is 7.48. The van der Waals surface area contributed by atoms with Gasteiger partial charge in [0.1, 0.15) is 0 Å². The van der Waals surface area contributed by atoms with Gasteiger partial charge in [0, 0.05) is 11.8 Å². The van der Waals surface area contributed by atoms with Crippen molar-refractivity contribution >= 4 is 23.8 Å². The van der Waals surface area contributed by atoms with Gasteiger partial charge in [-0.25, -0.2) is 4.79 Å². The number of nitrogens with one attached hydrogen (secondary N) is 1. The number of carboxylic acids is 1. The zero-order valence-corrected chi connectivity index (χ0v) is 11.9. The third-order valence-corrected chi connectivity index (χ3v) is 3.32. The maximum atomic E-state index is 11.4. The van der Waals surface area contributed by atoms with Crippen LogP contribution in [0.25, 0.3) is 0 Å². The number of carbonyl (C=O) groups excluding carboxylic acids is 1. The fourth-order valence-electron chi connectivity index (χ4n) is 1.35. The van der Waals surface area contributed by atoms with E-state index >= 15 is 0 Å². The smallest absolute Gasteiger partial charge is 0.407 e. The molecule has 2 N–H and O–H groups in total. The minimum Gasteiger partial charge on any atom is -0.481 e. The Morgan fingerprint density at radius 2 is 2.06 bits per heavy atom. The van der Waals surface area contributed by atoms with E-state index < -0.39 is 12.1 Å². The van der Waals surface area contributed by atoms with E-state index in [1.165, 1.54) is 11.8 Å². The van der Waals surface area contributed by atoms with Crippen LogP contribution in [0.5, 0.6) is 0 Å². The Bertz CT molecular complexity index is 248. The molecule has 0 saturated heterocycles. The Balaban J connectivity index is 3.86. The molecule has 0 bridgehead atoms. The summed E-state index contributed by atoms with van der Waals surface area (Å²) >= 11 is 1.31. The molecule has 1 unspecified atom stereocenters. The highest BCUT2D eigenvalue weighted by atomic mass is 32.2. The summed E-state index contributed by atoms with van der Waals surface area (Å²) in [4.78, 5) is 21.8. The number of aliphatic carboxylic acids is 1. The van der Waals surface area contributed by atoms with Crippen molar-refractivity contribution < 1.29 is 19.4 Å². The molecule has 0 fully saturated rings. The number of alkyl carbamates (subject to hydrolysis) is 1. The summed E-state index contributed by atoms with van der Waals surface area (Å²) in [6, 6.07) is -0.0199. The van der Waals surface area contributed by atoms with Gasteiger partial charge in [-0.2, -0.15) is 0 Å². The standard InChI is InChI=1S/C12H23NO4S/c1-3-5-7-17-12(16)13-10(6-4-2)8-18-9-11(14)15/h10H,3-9H2,1-2H3,(H,13,16)(H,14,15). The van der Waals surface area contributed by atoms with E-state index in [1.807, 2.05) is 13.8 Å². The molecule has 1 atom stereocenters. The number of rotatable bonds is 10. The van der Waals surface area contributed by atoms with E-state index in [0.717, 1.165) is 25.7 Å². The van der Waals surface area contributed by atoms with Crippen LogP contribution in [0.15, 0.2) is 0 Å². The summed E-state index contributed by atoms with van der Waals surface area (Å²) in [6.45, 7) is 4.49. The van der Waals surface area contributed by atoms with Crippen molar-refractivity contribution in [2.75, 3.05) is 18.1 Å². The topological polar surface area (TPSA) is 75.6 Å². The highest BCUT2D eigenvalue weighted by Crippen LogP contribution is 2.07. The van der Waals surface area contributed by atoms with Crippen molar-refractivity contribution in [2.24, 2.45) is 0 Å². The molecule has 5 nitrogen and oxygen atoms in total. The Kier molecular flexibility index (Phi) is 10.6. The van der Waals surface area contributed by atoms with Gasteiger partial charge in [-0.05, 0) is 12.8 Å². The molecule has 0 aromatic rings. The number of carbonyl (C=O) groups is 2. The zero-order valence-electron chi connectivity index (χ0n) is 11.1. The van der Waals surface area contributed by atoms with Crippen molar-refractivity contribution in [1.29, 1.82) is 0 Å². The fourth-order valence-corrected chi connectivity index (χ4v) is 2.18. The van der Waals surface area contributed by atoms with E-state index in [0.29, 0.717) is 12.4 Å². The third kappa shape index (κ3) is 10.3. The second kappa shape index (κ2) is 11.2. The average Bonchev–Trinajstić information content (AvgIpc) is 2.29. The molecule has 106 valence electrons. The first-order valence-electron chi connectivity index (χ1n) is 6.32. The predicted octanol–water partition coefficient (Wildman–Crippen LogP) is 2.50. The number of unbranched alkanes of at least 4 members (excludes halogenated alkanes) is 1. The summed E-state index contributed by atoms with van der Waals surface area (Å²) < 4.78 is 5.01. The summed E-state index contributed by atoms with van der Waals surface area (Å²) in [6.07, 6.45) is 3.21. The number of amides is 1. The van der Waals surface area contributed by atoms with Gasteiger partial charge >= 0.3 is 12.1 Å². The Hall–Kier alpha value is -0.910. The van der Waals surface area contributed by atoms with Crippen LogP contribution in [0, 0.1) is 0 Å². The van der Waals surface area contributed by atoms with Gasteiger partial charge in [-0.15, -0.1) is 11.8 Å². The molecular formula is C12H23NO4S. The summed E-state index contributed by atoms with van der Waals surface area (Å²) in [5, 5.41) is 11.3. The lowest BCUT2D eigenvalue weighted by Crippen LogP contribution is -2.37. The van der Waals surface area contributed by atoms with Crippen molar-refractivity contribution in [2.45, 2.75) is 45.6 Å². The van der Waals surface area contributed by atoms with Crippen molar-refractivity contribution in [3.05, 3.63) is 0 Å². The highest BCUT2D eigenvalue weighted by Gasteiger charge is 2.13. The summed E-state index contributed by atoms with van der Waals surface area (Å²) in [7, 11) is 0. The molecule has 0 aliphatic heterocycles. The molecule has 0 heterocycles. The molecule has 0 saturated carbocycles. The van der Waals surface area contributed by atoms with Crippen LogP contribution in [0.4, 0.5) is 4.79 Å². The number of ether oxygens (including phenoxy) is 1. The van der Waals surface area contributed by atoms with E-state index in [1.54, 1.807) is 0 Å². The molecule has 1 amide bonds. The molecule has 0 aromatic carbocycles. The van der Waals surface area contributed by atoms with Gasteiger partial charge in [-0.3, -0.25) is 4.79 Å². The van der Waals surface area contributed by atoms with E-state index in [4.69, 9.17) is 9.84 Å². The zero-order chi connectivity index (χ0) is 13.8. The largest absolute Gasteiger partial charge is 0.481 e. The third-order valence-electron chi connectivity index (χ3n) is 2.23. The molecule has 6 heteroatoms. The SMILES string of the molecule is CCCCOC(=O)NC(CCC)CSCC(=O)O. The first-order chi connectivity index (χ1) is 8.60. The number of hydrogen-bond donors (Lipinski definition) is 2. The minimum atomic E-state index is -0.833. The van der Waals surface area contributed by atoms with Crippen LogP contribution in [0.1, 0.15) is 39.5 Å². The van der Waals surface area contributed by atoms with Crippen LogP contribution < -0.4 is 5.32 Å². The van der Waals surface area contributed by atoms with Crippen molar-refractivity contribution in [1.82, 2.24) is 5.32 Å². The van der Waals surface area contributed by atoms with Crippen LogP contribution in [-0.2, 0) is 9.53 Å². The number of hydrogen-bond acceptors (Lipinski definition) is 4. The predicted molar refractivity (Wildman–Crippen MR) is 73.0 cm³/mol. The summed E-state index contributed by atoms with van der Waals surface area (Å²) in [5.74, 6) is -0.170.